The zero-order chi connectivity index (χ0) is 9.80. The number of rotatable bonds is 4. The smallest absolute Gasteiger partial charge is 0.0362 e. The number of aromatic nitrogens is 1. The Bertz CT molecular complexity index is 381. The molecule has 2 nitrogen and oxygen atoms in total. The van der Waals surface area contributed by atoms with Gasteiger partial charge in [0.25, 0.3) is 0 Å². The minimum Gasteiger partial charge on any atom is -0.353 e. The highest BCUT2D eigenvalue weighted by Crippen LogP contribution is 2.08. The number of hydrogen-bond acceptors (Lipinski definition) is 2. The van der Waals surface area contributed by atoms with E-state index < -0.39 is 0 Å². The minimum absolute atomic E-state index is 0. The zero-order valence-electron chi connectivity index (χ0n) is 8.64. The zero-order valence-corrected chi connectivity index (χ0v) is 10.3. The van der Waals surface area contributed by atoms with Crippen LogP contribution in [0.25, 0.3) is 0 Å². The first-order valence-corrected chi connectivity index (χ1v) is 5.57. The van der Waals surface area contributed by atoms with Crippen molar-refractivity contribution in [2.45, 2.75) is 13.1 Å². The van der Waals surface area contributed by atoms with Crippen LogP contribution < -0.4 is 5.32 Å². The normalized spacial score (nSPS) is 9.93. The van der Waals surface area contributed by atoms with E-state index >= 15 is 0 Å². The molecule has 4 heteroatoms. The van der Waals surface area contributed by atoms with E-state index in [4.69, 9.17) is 0 Å². The van der Waals surface area contributed by atoms with Crippen molar-refractivity contribution in [2.24, 2.45) is 7.05 Å². The Kier molecular flexibility index (Phi) is 4.88. The number of hydrogen-bond donors (Lipinski definition) is 1. The van der Waals surface area contributed by atoms with E-state index in [9.17, 15) is 0 Å². The van der Waals surface area contributed by atoms with E-state index in [2.05, 4.69) is 52.8 Å². The first-order chi connectivity index (χ1) is 6.86. The molecule has 0 aliphatic heterocycles. The largest absolute Gasteiger partial charge is 0.353 e. The van der Waals surface area contributed by atoms with Gasteiger partial charge in [-0.05, 0) is 23.6 Å². The van der Waals surface area contributed by atoms with Crippen molar-refractivity contribution in [2.75, 3.05) is 0 Å². The number of nitrogens with one attached hydrogen (secondary N) is 1. The molecule has 0 unspecified atom stereocenters. The molecule has 0 saturated carbocycles. The second-order valence-corrected chi connectivity index (χ2v) is 4.33. The van der Waals surface area contributed by atoms with E-state index in [0.29, 0.717) is 0 Å². The van der Waals surface area contributed by atoms with Crippen LogP contribution in [-0.4, -0.2) is 4.57 Å². The van der Waals surface area contributed by atoms with E-state index in [-0.39, 0.29) is 12.4 Å². The first-order valence-electron chi connectivity index (χ1n) is 4.69. The third kappa shape index (κ3) is 3.38. The molecular formula is C11H15ClN2S. The summed E-state index contributed by atoms with van der Waals surface area (Å²) in [7, 11) is 2.07. The fraction of sp³-hybridized carbons (Fsp3) is 0.273. The van der Waals surface area contributed by atoms with Crippen LogP contribution in [0, 0.1) is 0 Å². The highest BCUT2D eigenvalue weighted by molar-refractivity contribution is 7.09. The Balaban J connectivity index is 0.00000112. The number of thiophene rings is 1. The van der Waals surface area contributed by atoms with Crippen molar-refractivity contribution < 1.29 is 0 Å². The van der Waals surface area contributed by atoms with Gasteiger partial charge < -0.3 is 9.88 Å². The van der Waals surface area contributed by atoms with Crippen LogP contribution in [0.15, 0.2) is 35.8 Å². The molecule has 2 aromatic rings. The Morgan fingerprint density at radius 3 is 2.73 bits per heavy atom. The lowest BCUT2D eigenvalue weighted by Gasteiger charge is -2.04. The SMILES string of the molecule is Cl.Cn1cccc1CNCc1cccs1. The molecule has 15 heavy (non-hydrogen) atoms. The van der Waals surface area contributed by atoms with Gasteiger partial charge in [-0.3, -0.25) is 0 Å². The number of halogens is 1. The van der Waals surface area contributed by atoms with Crippen LogP contribution in [0.2, 0.25) is 0 Å². The highest BCUT2D eigenvalue weighted by Gasteiger charge is 1.96. The summed E-state index contributed by atoms with van der Waals surface area (Å²) in [6, 6.07) is 8.45. The van der Waals surface area contributed by atoms with Gasteiger partial charge in [0, 0.05) is 36.9 Å². The summed E-state index contributed by atoms with van der Waals surface area (Å²) in [4.78, 5) is 1.39. The van der Waals surface area contributed by atoms with Gasteiger partial charge in [-0.2, -0.15) is 0 Å². The van der Waals surface area contributed by atoms with Crippen LogP contribution in [0.5, 0.6) is 0 Å². The van der Waals surface area contributed by atoms with Crippen LogP contribution in [0.4, 0.5) is 0 Å². The van der Waals surface area contributed by atoms with E-state index in [1.165, 1.54) is 10.6 Å². The van der Waals surface area contributed by atoms with Gasteiger partial charge in [0.1, 0.15) is 0 Å². The summed E-state index contributed by atoms with van der Waals surface area (Å²) in [6.07, 6.45) is 2.07. The topological polar surface area (TPSA) is 17.0 Å². The Labute approximate surface area is 100 Å². The molecule has 0 saturated heterocycles. The summed E-state index contributed by atoms with van der Waals surface area (Å²) in [5, 5.41) is 5.53. The molecule has 0 aromatic carbocycles. The number of aryl methyl sites for hydroxylation is 1. The van der Waals surface area contributed by atoms with Crippen molar-refractivity contribution in [1.82, 2.24) is 9.88 Å². The second-order valence-electron chi connectivity index (χ2n) is 3.29. The standard InChI is InChI=1S/C11H14N2S.ClH/c1-13-6-2-4-10(13)8-12-9-11-5-3-7-14-11;/h2-7,12H,8-9H2,1H3;1H. The van der Waals surface area contributed by atoms with Gasteiger partial charge >= 0.3 is 0 Å². The van der Waals surface area contributed by atoms with Gasteiger partial charge in [-0.1, -0.05) is 6.07 Å². The fourth-order valence-electron chi connectivity index (χ4n) is 1.41. The molecule has 2 heterocycles. The van der Waals surface area contributed by atoms with Crippen LogP contribution in [0.3, 0.4) is 0 Å². The van der Waals surface area contributed by atoms with E-state index in [0.717, 1.165) is 13.1 Å². The summed E-state index contributed by atoms with van der Waals surface area (Å²) < 4.78 is 2.14. The lowest BCUT2D eigenvalue weighted by atomic mass is 10.4. The highest BCUT2D eigenvalue weighted by atomic mass is 35.5. The summed E-state index contributed by atoms with van der Waals surface area (Å²) in [5.74, 6) is 0. The predicted octanol–water partition coefficient (Wildman–Crippen LogP) is 2.80. The van der Waals surface area contributed by atoms with Crippen molar-refractivity contribution in [3.63, 3.8) is 0 Å². The Morgan fingerprint density at radius 1 is 1.27 bits per heavy atom. The Morgan fingerprint density at radius 2 is 2.13 bits per heavy atom. The monoisotopic (exact) mass is 242 g/mol. The van der Waals surface area contributed by atoms with E-state index in [1.54, 1.807) is 11.3 Å². The molecule has 0 bridgehead atoms. The molecule has 82 valence electrons. The van der Waals surface area contributed by atoms with Crippen LogP contribution in [0.1, 0.15) is 10.6 Å². The van der Waals surface area contributed by atoms with Crippen molar-refractivity contribution in [1.29, 1.82) is 0 Å². The third-order valence-electron chi connectivity index (χ3n) is 2.24. The van der Waals surface area contributed by atoms with Gasteiger partial charge in [0.2, 0.25) is 0 Å². The molecular weight excluding hydrogens is 228 g/mol. The fourth-order valence-corrected chi connectivity index (χ4v) is 2.08. The maximum atomic E-state index is 3.42. The second kappa shape index (κ2) is 5.95. The first kappa shape index (κ1) is 12.3. The van der Waals surface area contributed by atoms with Crippen molar-refractivity contribution in [3.05, 3.63) is 46.4 Å². The minimum atomic E-state index is 0. The Hall–Kier alpha value is -0.770. The summed E-state index contributed by atoms with van der Waals surface area (Å²) in [5.41, 5.74) is 1.32. The maximum absolute atomic E-state index is 3.42. The molecule has 2 aromatic heterocycles. The molecule has 0 spiro atoms. The third-order valence-corrected chi connectivity index (χ3v) is 3.11. The molecule has 0 aliphatic rings. The average Bonchev–Trinajstić information content (AvgIpc) is 2.78. The van der Waals surface area contributed by atoms with Crippen LogP contribution in [-0.2, 0) is 20.1 Å². The van der Waals surface area contributed by atoms with Gasteiger partial charge in [0.15, 0.2) is 0 Å². The number of nitrogens with zero attached hydrogens (tertiary/aromatic N) is 1. The van der Waals surface area contributed by atoms with Gasteiger partial charge in [0.05, 0.1) is 0 Å². The lowest BCUT2D eigenvalue weighted by molar-refractivity contribution is 0.660. The summed E-state index contributed by atoms with van der Waals surface area (Å²) in [6.45, 7) is 1.89. The molecule has 0 aliphatic carbocycles. The summed E-state index contributed by atoms with van der Waals surface area (Å²) >= 11 is 1.80. The van der Waals surface area contributed by atoms with Gasteiger partial charge in [-0.25, -0.2) is 0 Å². The van der Waals surface area contributed by atoms with Crippen molar-refractivity contribution >= 4 is 23.7 Å². The molecule has 2 rings (SSSR count). The van der Waals surface area contributed by atoms with Crippen molar-refractivity contribution in [3.8, 4) is 0 Å². The average molecular weight is 243 g/mol. The molecule has 0 fully saturated rings. The lowest BCUT2D eigenvalue weighted by Crippen LogP contribution is -2.13. The molecule has 1 N–H and O–H groups in total. The predicted molar refractivity (Wildman–Crippen MR) is 67.5 cm³/mol. The van der Waals surface area contributed by atoms with E-state index in [1.807, 2.05) is 0 Å². The quantitative estimate of drug-likeness (QED) is 0.873. The molecule has 0 radical (unpaired) electrons. The van der Waals surface area contributed by atoms with Crippen LogP contribution >= 0.6 is 23.7 Å². The maximum Gasteiger partial charge on any atom is 0.0362 e. The molecule has 0 atom stereocenters. The molecule has 0 amide bonds. The van der Waals surface area contributed by atoms with Gasteiger partial charge in [-0.15, -0.1) is 23.7 Å².